The van der Waals surface area contributed by atoms with Crippen LogP contribution in [0.4, 0.5) is 4.39 Å². The van der Waals surface area contributed by atoms with Gasteiger partial charge < -0.3 is 15.4 Å². The molecule has 5 heteroatoms. The minimum atomic E-state index is -0.397. The molecule has 0 spiro atoms. The topological polar surface area (TPSA) is 55.6 Å². The SMILES string of the molecule is COc1ccc(CCC(=O)N2C[C@@H](CN)[C@H](c3ccccc3)C2)cc1F. The van der Waals surface area contributed by atoms with Crippen molar-refractivity contribution in [2.24, 2.45) is 11.7 Å². The van der Waals surface area contributed by atoms with Crippen molar-refractivity contribution in [2.75, 3.05) is 26.7 Å². The van der Waals surface area contributed by atoms with E-state index in [-0.39, 0.29) is 23.5 Å². The highest BCUT2D eigenvalue weighted by Crippen LogP contribution is 2.32. The second-order valence-electron chi connectivity index (χ2n) is 6.78. The number of nitrogens with two attached hydrogens (primary N) is 1. The van der Waals surface area contributed by atoms with Gasteiger partial charge in [0.2, 0.25) is 5.91 Å². The van der Waals surface area contributed by atoms with Crippen LogP contribution in [0.3, 0.4) is 0 Å². The average Bonchev–Trinajstić information content (AvgIpc) is 3.11. The number of carbonyl (C=O) groups is 1. The molecule has 1 fully saturated rings. The molecule has 0 aromatic heterocycles. The summed E-state index contributed by atoms with van der Waals surface area (Å²) in [6.45, 7) is 1.95. The van der Waals surface area contributed by atoms with Crippen LogP contribution in [-0.2, 0) is 11.2 Å². The highest BCUT2D eigenvalue weighted by Gasteiger charge is 2.34. The van der Waals surface area contributed by atoms with Gasteiger partial charge in [-0.25, -0.2) is 4.39 Å². The van der Waals surface area contributed by atoms with Crippen LogP contribution >= 0.6 is 0 Å². The highest BCUT2D eigenvalue weighted by atomic mass is 19.1. The van der Waals surface area contributed by atoms with Crippen molar-refractivity contribution in [3.05, 3.63) is 65.5 Å². The summed E-state index contributed by atoms with van der Waals surface area (Å²) < 4.78 is 18.7. The smallest absolute Gasteiger partial charge is 0.222 e. The van der Waals surface area contributed by atoms with E-state index in [1.54, 1.807) is 12.1 Å². The molecule has 2 aromatic carbocycles. The number of carbonyl (C=O) groups excluding carboxylic acids is 1. The number of ether oxygens (including phenoxy) is 1. The number of likely N-dealkylation sites (tertiary alicyclic amines) is 1. The molecule has 2 atom stereocenters. The van der Waals surface area contributed by atoms with Crippen molar-refractivity contribution < 1.29 is 13.9 Å². The molecule has 1 heterocycles. The van der Waals surface area contributed by atoms with Crippen molar-refractivity contribution in [2.45, 2.75) is 18.8 Å². The van der Waals surface area contributed by atoms with Crippen LogP contribution in [0.2, 0.25) is 0 Å². The van der Waals surface area contributed by atoms with E-state index < -0.39 is 5.82 Å². The molecule has 2 aromatic rings. The summed E-state index contributed by atoms with van der Waals surface area (Å²) in [5, 5.41) is 0. The summed E-state index contributed by atoms with van der Waals surface area (Å²) in [5.41, 5.74) is 7.97. The minimum absolute atomic E-state index is 0.0955. The summed E-state index contributed by atoms with van der Waals surface area (Å²) in [5.74, 6) is 0.475. The zero-order valence-electron chi connectivity index (χ0n) is 15.0. The number of aryl methyl sites for hydroxylation is 1. The van der Waals surface area contributed by atoms with Gasteiger partial charge >= 0.3 is 0 Å². The Balaban J connectivity index is 1.61. The number of hydrogen-bond donors (Lipinski definition) is 1. The first-order chi connectivity index (χ1) is 12.6. The molecule has 1 saturated heterocycles. The standard InChI is InChI=1S/C21H25FN2O2/c1-26-20-9-7-15(11-19(20)22)8-10-21(25)24-13-17(12-23)18(14-24)16-5-3-2-4-6-16/h2-7,9,11,17-18H,8,10,12-14,23H2,1H3/t17-,18+/m1/s1. The predicted octanol–water partition coefficient (Wildman–Crippen LogP) is 2.97. The van der Waals surface area contributed by atoms with Gasteiger partial charge in [0.05, 0.1) is 7.11 Å². The Bertz CT molecular complexity index is 751. The quantitative estimate of drug-likeness (QED) is 0.866. The van der Waals surface area contributed by atoms with E-state index in [4.69, 9.17) is 10.5 Å². The predicted molar refractivity (Wildman–Crippen MR) is 99.6 cm³/mol. The van der Waals surface area contributed by atoms with Gasteiger partial charge in [0.15, 0.2) is 11.6 Å². The molecule has 0 aliphatic carbocycles. The Labute approximate surface area is 153 Å². The molecule has 1 aliphatic heterocycles. The lowest BCUT2D eigenvalue weighted by Crippen LogP contribution is -2.30. The molecule has 0 unspecified atom stereocenters. The molecule has 1 amide bonds. The summed E-state index contributed by atoms with van der Waals surface area (Å²) >= 11 is 0. The largest absolute Gasteiger partial charge is 0.494 e. The molecule has 4 nitrogen and oxygen atoms in total. The first kappa shape index (κ1) is 18.4. The molecule has 2 N–H and O–H groups in total. The van der Waals surface area contributed by atoms with Crippen LogP contribution in [0, 0.1) is 11.7 Å². The van der Waals surface area contributed by atoms with Crippen LogP contribution in [0.1, 0.15) is 23.5 Å². The van der Waals surface area contributed by atoms with Crippen molar-refractivity contribution in [1.82, 2.24) is 4.90 Å². The van der Waals surface area contributed by atoms with Gasteiger partial charge in [-0.15, -0.1) is 0 Å². The Morgan fingerprint density at radius 2 is 2.00 bits per heavy atom. The molecule has 138 valence electrons. The monoisotopic (exact) mass is 356 g/mol. The van der Waals surface area contributed by atoms with Crippen molar-refractivity contribution >= 4 is 5.91 Å². The van der Waals surface area contributed by atoms with Crippen LogP contribution in [0.5, 0.6) is 5.75 Å². The van der Waals surface area contributed by atoms with Gasteiger partial charge in [-0.1, -0.05) is 36.4 Å². The first-order valence-electron chi connectivity index (χ1n) is 8.97. The minimum Gasteiger partial charge on any atom is -0.494 e. The number of rotatable bonds is 6. The number of benzene rings is 2. The van der Waals surface area contributed by atoms with E-state index >= 15 is 0 Å². The van der Waals surface area contributed by atoms with Crippen LogP contribution in [0.15, 0.2) is 48.5 Å². The van der Waals surface area contributed by atoms with Gasteiger partial charge in [0.1, 0.15) is 0 Å². The van der Waals surface area contributed by atoms with E-state index in [2.05, 4.69) is 12.1 Å². The number of nitrogens with zero attached hydrogens (tertiary/aromatic N) is 1. The summed E-state index contributed by atoms with van der Waals surface area (Å²) in [6, 6.07) is 15.1. The maximum atomic E-state index is 13.8. The number of hydrogen-bond acceptors (Lipinski definition) is 3. The Hall–Kier alpha value is -2.40. The summed E-state index contributed by atoms with van der Waals surface area (Å²) in [6.07, 6.45) is 0.879. The van der Waals surface area contributed by atoms with Crippen molar-refractivity contribution in [1.29, 1.82) is 0 Å². The van der Waals surface area contributed by atoms with Crippen LogP contribution in [-0.4, -0.2) is 37.6 Å². The van der Waals surface area contributed by atoms with Crippen molar-refractivity contribution in [3.63, 3.8) is 0 Å². The summed E-state index contributed by atoms with van der Waals surface area (Å²) in [7, 11) is 1.44. The lowest BCUT2D eigenvalue weighted by Gasteiger charge is -2.17. The third kappa shape index (κ3) is 4.05. The normalized spacial score (nSPS) is 19.6. The lowest BCUT2D eigenvalue weighted by molar-refractivity contribution is -0.130. The van der Waals surface area contributed by atoms with Crippen molar-refractivity contribution in [3.8, 4) is 5.75 Å². The molecular weight excluding hydrogens is 331 g/mol. The van der Waals surface area contributed by atoms with Gasteiger partial charge in [-0.05, 0) is 42.1 Å². The van der Waals surface area contributed by atoms with Gasteiger partial charge in [0.25, 0.3) is 0 Å². The fraction of sp³-hybridized carbons (Fsp3) is 0.381. The van der Waals surface area contributed by atoms with E-state index in [9.17, 15) is 9.18 Å². The van der Waals surface area contributed by atoms with Crippen LogP contribution in [0.25, 0.3) is 0 Å². The average molecular weight is 356 g/mol. The Kier molecular flexibility index (Phi) is 5.89. The maximum absolute atomic E-state index is 13.8. The Morgan fingerprint density at radius 1 is 1.23 bits per heavy atom. The second-order valence-corrected chi connectivity index (χ2v) is 6.78. The number of methoxy groups -OCH3 is 1. The van der Waals surface area contributed by atoms with E-state index in [1.165, 1.54) is 18.7 Å². The third-order valence-corrected chi connectivity index (χ3v) is 5.17. The summed E-state index contributed by atoms with van der Waals surface area (Å²) in [4.78, 5) is 14.5. The third-order valence-electron chi connectivity index (χ3n) is 5.17. The lowest BCUT2D eigenvalue weighted by atomic mass is 9.89. The fourth-order valence-electron chi connectivity index (χ4n) is 3.67. The molecule has 1 aliphatic rings. The van der Waals surface area contributed by atoms with Gasteiger partial charge in [-0.2, -0.15) is 0 Å². The van der Waals surface area contributed by atoms with Gasteiger partial charge in [0, 0.05) is 25.4 Å². The first-order valence-corrected chi connectivity index (χ1v) is 8.97. The fourth-order valence-corrected chi connectivity index (χ4v) is 3.67. The molecular formula is C21H25FN2O2. The zero-order chi connectivity index (χ0) is 18.5. The molecule has 0 saturated carbocycles. The van der Waals surface area contributed by atoms with E-state index in [0.29, 0.717) is 32.5 Å². The highest BCUT2D eigenvalue weighted by molar-refractivity contribution is 5.77. The van der Waals surface area contributed by atoms with E-state index in [0.717, 1.165) is 5.56 Å². The van der Waals surface area contributed by atoms with E-state index in [1.807, 2.05) is 23.1 Å². The number of halogens is 1. The molecule has 26 heavy (non-hydrogen) atoms. The second kappa shape index (κ2) is 8.32. The molecule has 0 bridgehead atoms. The molecule has 0 radical (unpaired) electrons. The van der Waals surface area contributed by atoms with Crippen LogP contribution < -0.4 is 10.5 Å². The number of amides is 1. The Morgan fingerprint density at radius 3 is 2.65 bits per heavy atom. The molecule has 3 rings (SSSR count). The maximum Gasteiger partial charge on any atom is 0.222 e. The zero-order valence-corrected chi connectivity index (χ0v) is 15.0. The van der Waals surface area contributed by atoms with Gasteiger partial charge in [-0.3, -0.25) is 4.79 Å².